The summed E-state index contributed by atoms with van der Waals surface area (Å²) in [5, 5.41) is 0. The molecule has 80 valence electrons. The quantitative estimate of drug-likeness (QED) is 0.595. The van der Waals surface area contributed by atoms with E-state index in [2.05, 4.69) is 39.3 Å². The Hall–Kier alpha value is -0.850. The van der Waals surface area contributed by atoms with Gasteiger partial charge in [0.15, 0.2) is 0 Å². The van der Waals surface area contributed by atoms with Crippen LogP contribution in [-0.4, -0.2) is 5.71 Å². The standard InChI is InChI=1S/C13H23N/c1-8-9-14-12(4)10(2)11(3)13(5,6)7/h8-9,11H,2H2,1,3-7H3/b9-8-,14-12?. The first-order chi connectivity index (χ1) is 6.30. The van der Waals surface area contributed by atoms with Crippen LogP contribution in [0.25, 0.3) is 0 Å². The van der Waals surface area contributed by atoms with Gasteiger partial charge in [-0.3, -0.25) is 4.99 Å². The fourth-order valence-corrected chi connectivity index (χ4v) is 1.11. The van der Waals surface area contributed by atoms with Gasteiger partial charge in [-0.25, -0.2) is 0 Å². The molecule has 1 heteroatoms. The van der Waals surface area contributed by atoms with E-state index in [1.807, 2.05) is 26.1 Å². The second-order valence-corrected chi connectivity index (χ2v) is 4.81. The number of hydrogen-bond donors (Lipinski definition) is 0. The van der Waals surface area contributed by atoms with E-state index in [1.54, 1.807) is 0 Å². The van der Waals surface area contributed by atoms with Gasteiger partial charge >= 0.3 is 0 Å². The summed E-state index contributed by atoms with van der Waals surface area (Å²) >= 11 is 0. The van der Waals surface area contributed by atoms with Crippen LogP contribution in [0.5, 0.6) is 0 Å². The van der Waals surface area contributed by atoms with Crippen LogP contribution in [0.3, 0.4) is 0 Å². The summed E-state index contributed by atoms with van der Waals surface area (Å²) in [7, 11) is 0. The monoisotopic (exact) mass is 193 g/mol. The molecule has 0 aromatic rings. The number of allylic oxidation sites excluding steroid dienone is 2. The van der Waals surface area contributed by atoms with Crippen molar-refractivity contribution < 1.29 is 0 Å². The van der Waals surface area contributed by atoms with E-state index in [0.29, 0.717) is 5.92 Å². The highest BCUT2D eigenvalue weighted by Crippen LogP contribution is 2.31. The number of nitrogens with zero attached hydrogens (tertiary/aromatic N) is 1. The Morgan fingerprint density at radius 1 is 1.36 bits per heavy atom. The third kappa shape index (κ3) is 3.91. The zero-order valence-corrected chi connectivity index (χ0v) is 10.4. The Balaban J connectivity index is 4.64. The Labute approximate surface area is 88.6 Å². The summed E-state index contributed by atoms with van der Waals surface area (Å²) in [6.45, 7) is 17.0. The summed E-state index contributed by atoms with van der Waals surface area (Å²) in [6.07, 6.45) is 3.74. The smallest absolute Gasteiger partial charge is 0.0401 e. The summed E-state index contributed by atoms with van der Waals surface area (Å²) in [4.78, 5) is 4.31. The number of hydrogen-bond acceptors (Lipinski definition) is 1. The van der Waals surface area contributed by atoms with Gasteiger partial charge in [-0.2, -0.15) is 0 Å². The highest BCUT2D eigenvalue weighted by molar-refractivity contribution is 5.98. The molecule has 0 saturated heterocycles. The van der Waals surface area contributed by atoms with Gasteiger partial charge in [-0.05, 0) is 30.8 Å². The third-order valence-corrected chi connectivity index (χ3v) is 2.70. The van der Waals surface area contributed by atoms with E-state index in [9.17, 15) is 0 Å². The molecular formula is C13H23N. The summed E-state index contributed by atoms with van der Waals surface area (Å²) in [5.74, 6) is 0.455. The molecule has 0 saturated carbocycles. The van der Waals surface area contributed by atoms with Crippen molar-refractivity contribution in [2.75, 3.05) is 0 Å². The van der Waals surface area contributed by atoms with Crippen LogP contribution in [0.2, 0.25) is 0 Å². The van der Waals surface area contributed by atoms with Crippen molar-refractivity contribution in [1.29, 1.82) is 0 Å². The molecule has 0 amide bonds. The molecule has 0 bridgehead atoms. The van der Waals surface area contributed by atoms with E-state index in [1.165, 1.54) is 0 Å². The van der Waals surface area contributed by atoms with Crippen molar-refractivity contribution in [2.45, 2.75) is 41.5 Å². The van der Waals surface area contributed by atoms with Crippen LogP contribution in [0.4, 0.5) is 0 Å². The molecule has 0 aliphatic carbocycles. The first kappa shape index (κ1) is 13.2. The second kappa shape index (κ2) is 5.14. The lowest BCUT2D eigenvalue weighted by Crippen LogP contribution is -2.21. The van der Waals surface area contributed by atoms with E-state index in [0.717, 1.165) is 11.3 Å². The molecule has 14 heavy (non-hydrogen) atoms. The lowest BCUT2D eigenvalue weighted by atomic mass is 9.77. The van der Waals surface area contributed by atoms with Crippen LogP contribution >= 0.6 is 0 Å². The lowest BCUT2D eigenvalue weighted by molar-refractivity contribution is 0.308. The Morgan fingerprint density at radius 2 is 1.86 bits per heavy atom. The molecule has 1 unspecified atom stereocenters. The molecule has 0 N–H and O–H groups in total. The number of rotatable bonds is 3. The molecular weight excluding hydrogens is 170 g/mol. The Kier molecular flexibility index (Phi) is 4.82. The van der Waals surface area contributed by atoms with Crippen LogP contribution in [0, 0.1) is 11.3 Å². The Morgan fingerprint density at radius 3 is 2.21 bits per heavy atom. The molecule has 0 aliphatic rings. The molecule has 0 spiro atoms. The van der Waals surface area contributed by atoms with E-state index in [-0.39, 0.29) is 5.41 Å². The maximum atomic E-state index is 4.31. The van der Waals surface area contributed by atoms with Crippen LogP contribution < -0.4 is 0 Å². The molecule has 0 radical (unpaired) electrons. The minimum atomic E-state index is 0.254. The molecule has 0 aromatic heterocycles. The topological polar surface area (TPSA) is 12.4 Å². The first-order valence-electron chi connectivity index (χ1n) is 5.15. The molecule has 0 aliphatic heterocycles. The highest BCUT2D eigenvalue weighted by atomic mass is 14.7. The van der Waals surface area contributed by atoms with Crippen molar-refractivity contribution in [3.05, 3.63) is 24.4 Å². The van der Waals surface area contributed by atoms with Crippen LogP contribution in [0.15, 0.2) is 29.4 Å². The lowest BCUT2D eigenvalue weighted by Gasteiger charge is -2.28. The largest absolute Gasteiger partial charge is 0.262 e. The van der Waals surface area contributed by atoms with E-state index in [4.69, 9.17) is 0 Å². The van der Waals surface area contributed by atoms with E-state index >= 15 is 0 Å². The van der Waals surface area contributed by atoms with Gasteiger partial charge in [-0.1, -0.05) is 40.3 Å². The van der Waals surface area contributed by atoms with Gasteiger partial charge in [0.25, 0.3) is 0 Å². The maximum absolute atomic E-state index is 4.31. The summed E-state index contributed by atoms with van der Waals surface area (Å²) in [5.41, 5.74) is 2.42. The predicted octanol–water partition coefficient (Wildman–Crippen LogP) is 4.22. The van der Waals surface area contributed by atoms with Gasteiger partial charge in [0.05, 0.1) is 0 Å². The van der Waals surface area contributed by atoms with Crippen molar-refractivity contribution in [3.63, 3.8) is 0 Å². The summed E-state index contributed by atoms with van der Waals surface area (Å²) in [6, 6.07) is 0. The van der Waals surface area contributed by atoms with Crippen LogP contribution in [0.1, 0.15) is 41.5 Å². The van der Waals surface area contributed by atoms with Crippen molar-refractivity contribution in [1.82, 2.24) is 0 Å². The minimum Gasteiger partial charge on any atom is -0.262 e. The van der Waals surface area contributed by atoms with E-state index < -0.39 is 0 Å². The fourth-order valence-electron chi connectivity index (χ4n) is 1.11. The minimum absolute atomic E-state index is 0.254. The van der Waals surface area contributed by atoms with Gasteiger partial charge in [-0.15, -0.1) is 0 Å². The zero-order valence-electron chi connectivity index (χ0n) is 10.4. The zero-order chi connectivity index (χ0) is 11.4. The van der Waals surface area contributed by atoms with Crippen LogP contribution in [-0.2, 0) is 0 Å². The Bertz CT molecular complexity index is 251. The number of aliphatic imine (C=N–C) groups is 1. The molecule has 0 rings (SSSR count). The normalized spacial score (nSPS) is 16.0. The molecule has 0 fully saturated rings. The van der Waals surface area contributed by atoms with Gasteiger partial charge in [0.1, 0.15) is 0 Å². The van der Waals surface area contributed by atoms with Crippen molar-refractivity contribution in [2.24, 2.45) is 16.3 Å². The van der Waals surface area contributed by atoms with Gasteiger partial charge in [0.2, 0.25) is 0 Å². The molecule has 0 aromatic carbocycles. The third-order valence-electron chi connectivity index (χ3n) is 2.70. The van der Waals surface area contributed by atoms with Gasteiger partial charge < -0.3 is 0 Å². The summed E-state index contributed by atoms with van der Waals surface area (Å²) < 4.78 is 0. The van der Waals surface area contributed by atoms with Crippen molar-refractivity contribution >= 4 is 5.71 Å². The second-order valence-electron chi connectivity index (χ2n) is 4.81. The fraction of sp³-hybridized carbons (Fsp3) is 0.615. The van der Waals surface area contributed by atoms with Crippen molar-refractivity contribution in [3.8, 4) is 0 Å². The SMILES string of the molecule is C=C(C(C)=N/C=C\C)C(C)C(C)(C)C. The predicted molar refractivity (Wildman–Crippen MR) is 65.7 cm³/mol. The average Bonchev–Trinajstić information content (AvgIpc) is 2.10. The van der Waals surface area contributed by atoms with Gasteiger partial charge in [0, 0.05) is 11.9 Å². The first-order valence-corrected chi connectivity index (χ1v) is 5.15. The molecule has 1 nitrogen and oxygen atoms in total. The highest BCUT2D eigenvalue weighted by Gasteiger charge is 2.23. The molecule has 1 atom stereocenters. The average molecular weight is 193 g/mol. The molecule has 0 heterocycles. The maximum Gasteiger partial charge on any atom is 0.0401 e.